The number of esters is 2. The van der Waals surface area contributed by atoms with E-state index in [0.29, 0.717) is 25.9 Å². The summed E-state index contributed by atoms with van der Waals surface area (Å²) in [6.45, 7) is 7.62. The highest BCUT2D eigenvalue weighted by Crippen LogP contribution is 2.14. The van der Waals surface area contributed by atoms with Crippen LogP contribution in [0.5, 0.6) is 0 Å². The maximum absolute atomic E-state index is 12.7. The molecule has 0 aliphatic carbocycles. The van der Waals surface area contributed by atoms with Gasteiger partial charge in [0, 0.05) is 19.4 Å². The van der Waals surface area contributed by atoms with Crippen LogP contribution >= 0.6 is 0 Å². The highest BCUT2D eigenvalue weighted by Gasteiger charge is 2.17. The third-order valence-corrected chi connectivity index (χ3v) is 10.7. The normalized spacial score (nSPS) is 12.8. The molecule has 0 aliphatic heterocycles. The molecule has 0 aromatic rings. The van der Waals surface area contributed by atoms with Crippen LogP contribution in [0.2, 0.25) is 0 Å². The number of unbranched alkanes of at least 4 members (excludes halogenated alkanes) is 23. The van der Waals surface area contributed by atoms with E-state index in [-0.39, 0.29) is 25.2 Å². The van der Waals surface area contributed by atoms with Crippen LogP contribution in [0, 0.1) is 0 Å². The zero-order valence-electron chi connectivity index (χ0n) is 39.7. The van der Waals surface area contributed by atoms with Gasteiger partial charge in [-0.2, -0.15) is 0 Å². The van der Waals surface area contributed by atoms with Crippen LogP contribution in [-0.2, 0) is 23.8 Å². The SMILES string of the molecule is CC/C=C\C/C=C\C/C=C\C/C=C\CCC(=O)OC(COCCCCCCCCCCCCCC)COC(=O)CCCCCCCCCCC/C=C\C/C=C\CCCCC. The average molecular weight is 837 g/mol. The monoisotopic (exact) mass is 837 g/mol. The van der Waals surface area contributed by atoms with Crippen molar-refractivity contribution < 1.29 is 23.8 Å². The van der Waals surface area contributed by atoms with Crippen molar-refractivity contribution in [1.82, 2.24) is 0 Å². The lowest BCUT2D eigenvalue weighted by atomic mass is 10.1. The van der Waals surface area contributed by atoms with Crippen LogP contribution in [0.25, 0.3) is 0 Å². The van der Waals surface area contributed by atoms with Gasteiger partial charge in [0.15, 0.2) is 6.10 Å². The molecule has 0 N–H and O–H groups in total. The summed E-state index contributed by atoms with van der Waals surface area (Å²) in [5.41, 5.74) is 0. The van der Waals surface area contributed by atoms with E-state index in [0.717, 1.165) is 64.2 Å². The van der Waals surface area contributed by atoms with Crippen LogP contribution in [0.1, 0.15) is 239 Å². The van der Waals surface area contributed by atoms with Gasteiger partial charge in [0.1, 0.15) is 6.61 Å². The molecule has 0 radical (unpaired) electrons. The van der Waals surface area contributed by atoms with Crippen molar-refractivity contribution in [2.75, 3.05) is 19.8 Å². The number of allylic oxidation sites excluding steroid dienone is 12. The molecule has 0 bridgehead atoms. The fourth-order valence-corrected chi connectivity index (χ4v) is 6.97. The lowest BCUT2D eigenvalue weighted by molar-refractivity contribution is -0.162. The Kier molecular flexibility index (Phi) is 48.4. The second kappa shape index (κ2) is 50.7. The van der Waals surface area contributed by atoms with Crippen LogP contribution in [0.3, 0.4) is 0 Å². The lowest BCUT2D eigenvalue weighted by Gasteiger charge is -2.18. The third-order valence-electron chi connectivity index (χ3n) is 10.7. The Labute approximate surface area is 372 Å². The molecule has 0 heterocycles. The van der Waals surface area contributed by atoms with Crippen molar-refractivity contribution in [2.45, 2.75) is 245 Å². The first kappa shape index (κ1) is 57.3. The minimum atomic E-state index is -0.575. The van der Waals surface area contributed by atoms with Gasteiger partial charge in [-0.15, -0.1) is 0 Å². The van der Waals surface area contributed by atoms with Gasteiger partial charge < -0.3 is 14.2 Å². The number of hydrogen-bond donors (Lipinski definition) is 0. The van der Waals surface area contributed by atoms with Gasteiger partial charge in [0.2, 0.25) is 0 Å². The summed E-state index contributed by atoms with van der Waals surface area (Å²) in [6, 6.07) is 0. The van der Waals surface area contributed by atoms with Gasteiger partial charge in [-0.1, -0.05) is 222 Å². The number of ether oxygens (including phenoxy) is 3. The maximum Gasteiger partial charge on any atom is 0.306 e. The molecule has 0 rings (SSSR count). The standard InChI is InChI=1S/C55H96O5/c1-4-7-10-13-16-19-22-25-26-27-28-29-30-32-33-36-39-42-45-48-54(56)59-52-53(51-58-50-47-44-41-38-35-24-21-18-15-12-9-6-3)60-55(57)49-46-43-40-37-34-31-23-20-17-14-11-8-5-2/h8,11,16-17,19-20,25-26,31,34,40,43,53H,4-7,9-10,12-15,18,21-24,27-30,32-33,35-39,41-42,44-52H2,1-3H3/b11-8-,19-16-,20-17-,26-25-,34-31-,43-40-. The second-order valence-electron chi connectivity index (χ2n) is 16.7. The van der Waals surface area contributed by atoms with E-state index in [4.69, 9.17) is 14.2 Å². The zero-order valence-corrected chi connectivity index (χ0v) is 39.7. The summed E-state index contributed by atoms with van der Waals surface area (Å²) in [7, 11) is 0. The number of rotatable bonds is 46. The van der Waals surface area contributed by atoms with Crippen LogP contribution in [0.15, 0.2) is 72.9 Å². The molecule has 0 saturated carbocycles. The van der Waals surface area contributed by atoms with E-state index < -0.39 is 6.10 Å². The number of carbonyl (C=O) groups excluding carboxylic acids is 2. The Hall–Kier alpha value is -2.66. The van der Waals surface area contributed by atoms with Gasteiger partial charge in [0.25, 0.3) is 0 Å². The van der Waals surface area contributed by atoms with Crippen LogP contribution < -0.4 is 0 Å². The van der Waals surface area contributed by atoms with Crippen molar-refractivity contribution in [1.29, 1.82) is 0 Å². The van der Waals surface area contributed by atoms with Gasteiger partial charge in [-0.05, 0) is 77.0 Å². The average Bonchev–Trinajstić information content (AvgIpc) is 3.25. The largest absolute Gasteiger partial charge is 0.462 e. The highest BCUT2D eigenvalue weighted by molar-refractivity contribution is 5.70. The predicted octanol–water partition coefficient (Wildman–Crippen LogP) is 17.1. The van der Waals surface area contributed by atoms with Crippen molar-refractivity contribution in [3.05, 3.63) is 72.9 Å². The fraction of sp³-hybridized carbons (Fsp3) is 0.745. The molecule has 1 atom stereocenters. The summed E-state index contributed by atoms with van der Waals surface area (Å²) in [5.74, 6) is -0.491. The first-order valence-corrected chi connectivity index (χ1v) is 25.5. The maximum atomic E-state index is 12.7. The smallest absolute Gasteiger partial charge is 0.306 e. The van der Waals surface area contributed by atoms with Crippen LogP contribution in [-0.4, -0.2) is 37.9 Å². The van der Waals surface area contributed by atoms with Gasteiger partial charge in [0.05, 0.1) is 6.61 Å². The lowest BCUT2D eigenvalue weighted by Crippen LogP contribution is -2.30. The quantitative estimate of drug-likeness (QED) is 0.0347. The summed E-state index contributed by atoms with van der Waals surface area (Å²) >= 11 is 0. The summed E-state index contributed by atoms with van der Waals surface area (Å²) < 4.78 is 17.3. The molecule has 346 valence electrons. The minimum absolute atomic E-state index is 0.0545. The molecule has 1 unspecified atom stereocenters. The van der Waals surface area contributed by atoms with E-state index in [1.807, 2.05) is 6.08 Å². The first-order chi connectivity index (χ1) is 29.6. The highest BCUT2D eigenvalue weighted by atomic mass is 16.6. The van der Waals surface area contributed by atoms with Crippen molar-refractivity contribution >= 4 is 11.9 Å². The molecular weight excluding hydrogens is 741 g/mol. The Morgan fingerprint density at radius 1 is 0.383 bits per heavy atom. The molecule has 5 nitrogen and oxygen atoms in total. The molecular formula is C55H96O5. The van der Waals surface area contributed by atoms with Crippen LogP contribution in [0.4, 0.5) is 0 Å². The summed E-state index contributed by atoms with van der Waals surface area (Å²) in [6.07, 6.45) is 64.9. The Bertz CT molecular complexity index is 1080. The van der Waals surface area contributed by atoms with Gasteiger partial charge in [-0.3, -0.25) is 9.59 Å². The molecule has 60 heavy (non-hydrogen) atoms. The van der Waals surface area contributed by atoms with Crippen molar-refractivity contribution in [3.8, 4) is 0 Å². The number of carbonyl (C=O) groups is 2. The van der Waals surface area contributed by atoms with E-state index in [2.05, 4.69) is 87.6 Å². The number of hydrogen-bond acceptors (Lipinski definition) is 5. The van der Waals surface area contributed by atoms with E-state index >= 15 is 0 Å². The Morgan fingerprint density at radius 2 is 0.783 bits per heavy atom. The first-order valence-electron chi connectivity index (χ1n) is 25.5. The Balaban J connectivity index is 4.29. The molecule has 0 fully saturated rings. The van der Waals surface area contributed by atoms with E-state index in [1.165, 1.54) is 135 Å². The third kappa shape index (κ3) is 48.0. The minimum Gasteiger partial charge on any atom is -0.462 e. The fourth-order valence-electron chi connectivity index (χ4n) is 6.97. The second-order valence-corrected chi connectivity index (χ2v) is 16.7. The zero-order chi connectivity index (χ0) is 43.5. The molecule has 0 saturated heterocycles. The molecule has 5 heteroatoms. The van der Waals surface area contributed by atoms with E-state index in [1.54, 1.807) is 0 Å². The van der Waals surface area contributed by atoms with E-state index in [9.17, 15) is 9.59 Å². The predicted molar refractivity (Wildman–Crippen MR) is 260 cm³/mol. The van der Waals surface area contributed by atoms with Gasteiger partial charge >= 0.3 is 11.9 Å². The topological polar surface area (TPSA) is 61.8 Å². The van der Waals surface area contributed by atoms with Crippen molar-refractivity contribution in [2.24, 2.45) is 0 Å². The molecule has 0 spiro atoms. The molecule has 0 aromatic carbocycles. The van der Waals surface area contributed by atoms with Gasteiger partial charge in [-0.25, -0.2) is 0 Å². The Morgan fingerprint density at radius 3 is 1.30 bits per heavy atom. The van der Waals surface area contributed by atoms with Crippen molar-refractivity contribution in [3.63, 3.8) is 0 Å². The summed E-state index contributed by atoms with van der Waals surface area (Å²) in [5, 5.41) is 0. The molecule has 0 aromatic heterocycles. The molecule has 0 amide bonds. The summed E-state index contributed by atoms with van der Waals surface area (Å²) in [4.78, 5) is 25.3. The molecule has 0 aliphatic rings.